The van der Waals surface area contributed by atoms with Gasteiger partial charge >= 0.3 is 0 Å². The van der Waals surface area contributed by atoms with Gasteiger partial charge in [-0.05, 0) is 58.7 Å². The van der Waals surface area contributed by atoms with Gasteiger partial charge in [0.15, 0.2) is 11.4 Å². The highest BCUT2D eigenvalue weighted by molar-refractivity contribution is 6.21. The van der Waals surface area contributed by atoms with Crippen LogP contribution in [0.2, 0.25) is 0 Å². The highest BCUT2D eigenvalue weighted by Gasteiger charge is 2.19. The summed E-state index contributed by atoms with van der Waals surface area (Å²) in [6.45, 7) is 0. The van der Waals surface area contributed by atoms with E-state index in [2.05, 4.69) is 127 Å². The Morgan fingerprint density at radius 1 is 0.322 bits per heavy atom. The van der Waals surface area contributed by atoms with Crippen molar-refractivity contribution in [3.63, 3.8) is 0 Å². The highest BCUT2D eigenvalue weighted by Crippen LogP contribution is 2.40. The monoisotopic (exact) mass is 754 g/mol. The third-order valence-corrected chi connectivity index (χ3v) is 10.9. The Balaban J connectivity index is 1.03. The number of nitrogens with zero attached hydrogens (tertiary/aromatic N) is 4. The fraction of sp³-hybridized carbons (Fsp3) is 0. The van der Waals surface area contributed by atoms with Crippen molar-refractivity contribution in [1.29, 1.82) is 0 Å². The van der Waals surface area contributed by atoms with Crippen molar-refractivity contribution >= 4 is 32.8 Å². The van der Waals surface area contributed by atoms with Gasteiger partial charge in [-0.2, -0.15) is 0 Å². The normalized spacial score (nSPS) is 11.4. The van der Waals surface area contributed by atoms with Crippen molar-refractivity contribution in [2.24, 2.45) is 0 Å². The molecule has 59 heavy (non-hydrogen) atoms. The molecule has 0 spiro atoms. The molecule has 8 aromatic carbocycles. The number of pyridine rings is 1. The van der Waals surface area contributed by atoms with Crippen LogP contribution >= 0.6 is 0 Å². The maximum absolute atomic E-state index is 6.39. The predicted octanol–water partition coefficient (Wildman–Crippen LogP) is 14.0. The summed E-state index contributed by atoms with van der Waals surface area (Å²) < 4.78 is 6.39. The quantitative estimate of drug-likeness (QED) is 0.152. The van der Waals surface area contributed by atoms with Gasteiger partial charge in [0.05, 0.1) is 22.6 Å². The second kappa shape index (κ2) is 14.5. The molecule has 5 heteroatoms. The fourth-order valence-corrected chi connectivity index (χ4v) is 7.94. The topological polar surface area (TPSA) is 64.7 Å². The van der Waals surface area contributed by atoms with E-state index in [1.165, 1.54) is 5.56 Å². The van der Waals surface area contributed by atoms with E-state index in [1.807, 2.05) is 78.9 Å². The summed E-state index contributed by atoms with van der Waals surface area (Å²) in [4.78, 5) is 20.5. The summed E-state index contributed by atoms with van der Waals surface area (Å²) in [5.41, 5.74) is 14.6. The second-order valence-electron chi connectivity index (χ2n) is 14.6. The summed E-state index contributed by atoms with van der Waals surface area (Å²) in [5, 5.41) is 3.07. The molecule has 0 saturated carbocycles. The maximum Gasteiger partial charge on any atom is 0.227 e. The van der Waals surface area contributed by atoms with Crippen LogP contribution < -0.4 is 0 Å². The molecular weight excluding hydrogens is 721 g/mol. The van der Waals surface area contributed by atoms with Crippen LogP contribution in [0.25, 0.3) is 112 Å². The van der Waals surface area contributed by atoms with Crippen LogP contribution in [0.1, 0.15) is 0 Å². The molecule has 0 bridgehead atoms. The van der Waals surface area contributed by atoms with E-state index in [9.17, 15) is 0 Å². The van der Waals surface area contributed by atoms with Gasteiger partial charge in [0.25, 0.3) is 0 Å². The van der Waals surface area contributed by atoms with E-state index >= 15 is 0 Å². The Hall–Kier alpha value is -8.02. The molecular formula is C54H34N4O. The van der Waals surface area contributed by atoms with E-state index in [4.69, 9.17) is 24.4 Å². The van der Waals surface area contributed by atoms with Crippen LogP contribution in [-0.2, 0) is 0 Å². The van der Waals surface area contributed by atoms with Crippen molar-refractivity contribution in [3.05, 3.63) is 206 Å². The molecule has 0 fully saturated rings. The maximum atomic E-state index is 6.39. The SMILES string of the molecule is c1ccc(-c2ccc(-c3nc4cc(-c5ccc(-c6cc(-c7ccccc7)nc(-c7ccccc7)n6)cc5)ccc4c4c3ccc3oc(-c5ccccc5)nc34)cc2)cc1. The number of rotatable bonds is 7. The number of aromatic nitrogens is 4. The molecule has 0 aliphatic carbocycles. The van der Waals surface area contributed by atoms with Crippen molar-refractivity contribution in [2.75, 3.05) is 0 Å². The minimum Gasteiger partial charge on any atom is -0.436 e. The lowest BCUT2D eigenvalue weighted by molar-refractivity contribution is 0.620. The second-order valence-corrected chi connectivity index (χ2v) is 14.6. The Morgan fingerprint density at radius 2 is 0.797 bits per heavy atom. The number of benzene rings is 8. The lowest BCUT2D eigenvalue weighted by Gasteiger charge is -2.13. The summed E-state index contributed by atoms with van der Waals surface area (Å²) >= 11 is 0. The van der Waals surface area contributed by atoms with E-state index in [0.717, 1.165) is 94.4 Å². The smallest absolute Gasteiger partial charge is 0.227 e. The predicted molar refractivity (Wildman–Crippen MR) is 240 cm³/mol. The van der Waals surface area contributed by atoms with Crippen LogP contribution in [0.3, 0.4) is 0 Å². The fourth-order valence-electron chi connectivity index (χ4n) is 7.94. The Bertz CT molecular complexity index is 3220. The Morgan fingerprint density at radius 3 is 1.44 bits per heavy atom. The Labute approximate surface area is 341 Å². The van der Waals surface area contributed by atoms with Crippen molar-refractivity contribution < 1.29 is 4.42 Å². The molecule has 0 atom stereocenters. The zero-order valence-electron chi connectivity index (χ0n) is 31.8. The van der Waals surface area contributed by atoms with Crippen molar-refractivity contribution in [2.45, 2.75) is 0 Å². The zero-order chi connectivity index (χ0) is 39.1. The molecule has 11 aromatic rings. The molecule has 276 valence electrons. The average molecular weight is 755 g/mol. The summed E-state index contributed by atoms with van der Waals surface area (Å²) in [5.74, 6) is 1.29. The van der Waals surface area contributed by atoms with Crippen LogP contribution in [0.15, 0.2) is 211 Å². The first-order chi connectivity index (χ1) is 29.2. The molecule has 0 aliphatic heterocycles. The van der Waals surface area contributed by atoms with Crippen molar-refractivity contribution in [3.8, 4) is 78.9 Å². The highest BCUT2D eigenvalue weighted by atomic mass is 16.3. The first kappa shape index (κ1) is 34.2. The minimum absolute atomic E-state index is 0.596. The van der Waals surface area contributed by atoms with E-state index < -0.39 is 0 Å². The van der Waals surface area contributed by atoms with Gasteiger partial charge in [-0.1, -0.05) is 170 Å². The largest absolute Gasteiger partial charge is 0.436 e. The number of hydrogen-bond donors (Lipinski definition) is 0. The standard InChI is InChI=1S/C54H34N4O/c1-5-13-35(14-6-1)36-23-27-40(28-24-36)51-45-31-32-49-52(58-54(59-49)42-19-11-4-12-20-42)50(45)44-30-29-43(33-48(44)55-51)37-21-25-39(26-22-37)47-34-46(38-15-7-2-8-16-38)56-53(57-47)41-17-9-3-10-18-41/h1-34H. The van der Waals surface area contributed by atoms with Crippen LogP contribution in [0.4, 0.5) is 0 Å². The lowest BCUT2D eigenvalue weighted by Crippen LogP contribution is -1.95. The molecule has 0 unspecified atom stereocenters. The minimum atomic E-state index is 0.596. The third kappa shape index (κ3) is 6.41. The van der Waals surface area contributed by atoms with Gasteiger partial charge in [-0.15, -0.1) is 0 Å². The summed E-state index contributed by atoms with van der Waals surface area (Å²) in [6, 6.07) is 71.0. The van der Waals surface area contributed by atoms with Crippen LogP contribution in [0.5, 0.6) is 0 Å². The summed E-state index contributed by atoms with van der Waals surface area (Å²) in [7, 11) is 0. The number of oxazole rings is 1. The van der Waals surface area contributed by atoms with E-state index in [1.54, 1.807) is 0 Å². The van der Waals surface area contributed by atoms with Gasteiger partial charge in [0.1, 0.15) is 5.52 Å². The van der Waals surface area contributed by atoms with E-state index in [0.29, 0.717) is 11.7 Å². The molecule has 3 heterocycles. The number of fused-ring (bicyclic) bond motifs is 5. The molecule has 11 rings (SSSR count). The molecule has 3 aromatic heterocycles. The van der Waals surface area contributed by atoms with Gasteiger partial charge < -0.3 is 4.42 Å². The molecule has 0 N–H and O–H groups in total. The molecule has 0 amide bonds. The molecule has 0 aliphatic rings. The lowest BCUT2D eigenvalue weighted by atomic mass is 9.95. The molecule has 5 nitrogen and oxygen atoms in total. The first-order valence-electron chi connectivity index (χ1n) is 19.7. The third-order valence-electron chi connectivity index (χ3n) is 10.9. The molecule has 0 saturated heterocycles. The number of hydrogen-bond acceptors (Lipinski definition) is 5. The van der Waals surface area contributed by atoms with Crippen LogP contribution in [0, 0.1) is 0 Å². The van der Waals surface area contributed by atoms with Crippen molar-refractivity contribution in [1.82, 2.24) is 19.9 Å². The van der Waals surface area contributed by atoms with E-state index in [-0.39, 0.29) is 0 Å². The Kier molecular flexibility index (Phi) is 8.41. The van der Waals surface area contributed by atoms with Gasteiger partial charge in [-0.25, -0.2) is 19.9 Å². The van der Waals surface area contributed by atoms with Gasteiger partial charge in [-0.3, -0.25) is 0 Å². The average Bonchev–Trinajstić information content (AvgIpc) is 3.77. The molecule has 0 radical (unpaired) electrons. The first-order valence-corrected chi connectivity index (χ1v) is 19.7. The van der Waals surface area contributed by atoms with Crippen LogP contribution in [-0.4, -0.2) is 19.9 Å². The summed E-state index contributed by atoms with van der Waals surface area (Å²) in [6.07, 6.45) is 0. The van der Waals surface area contributed by atoms with Gasteiger partial charge in [0, 0.05) is 44.0 Å². The van der Waals surface area contributed by atoms with Gasteiger partial charge in [0.2, 0.25) is 5.89 Å². The zero-order valence-corrected chi connectivity index (χ0v) is 31.8.